The van der Waals surface area contributed by atoms with Gasteiger partial charge in [0.25, 0.3) is 0 Å². The number of alkyl halides is 3. The molecule has 33 heavy (non-hydrogen) atoms. The van der Waals surface area contributed by atoms with E-state index < -0.39 is 29.9 Å². The number of benzene rings is 2. The second-order valence-electron chi connectivity index (χ2n) is 7.90. The lowest BCUT2D eigenvalue weighted by molar-refractivity contribution is -0.138. The number of likely N-dealkylation sites (tertiary alicyclic amines) is 1. The SMILES string of the molecule is O=C(/C=C/c1ccc(C(F)(F)F)cc1)Nc1ccc(CCC(=O)N2CC[C@H](O)[C@H](O)C2)cc1. The molecule has 1 fully saturated rings. The minimum absolute atomic E-state index is 0.0910. The summed E-state index contributed by atoms with van der Waals surface area (Å²) in [4.78, 5) is 25.9. The Morgan fingerprint density at radius 2 is 1.70 bits per heavy atom. The highest BCUT2D eigenvalue weighted by atomic mass is 19.4. The number of hydrogen-bond acceptors (Lipinski definition) is 4. The van der Waals surface area contributed by atoms with Crippen LogP contribution in [0.2, 0.25) is 0 Å². The van der Waals surface area contributed by atoms with E-state index in [9.17, 15) is 33.0 Å². The third-order valence-electron chi connectivity index (χ3n) is 5.41. The van der Waals surface area contributed by atoms with Crippen molar-refractivity contribution in [2.45, 2.75) is 37.6 Å². The molecular weight excluding hydrogens is 437 g/mol. The van der Waals surface area contributed by atoms with Crippen molar-refractivity contribution in [1.29, 1.82) is 0 Å². The molecule has 3 N–H and O–H groups in total. The van der Waals surface area contributed by atoms with Crippen molar-refractivity contribution >= 4 is 23.6 Å². The van der Waals surface area contributed by atoms with Crippen molar-refractivity contribution in [2.75, 3.05) is 18.4 Å². The van der Waals surface area contributed by atoms with Crippen LogP contribution in [0.5, 0.6) is 0 Å². The normalized spacial score (nSPS) is 19.0. The fourth-order valence-electron chi connectivity index (χ4n) is 3.45. The molecule has 1 aliphatic rings. The lowest BCUT2D eigenvalue weighted by atomic mass is 10.0. The predicted octanol–water partition coefficient (Wildman–Crippen LogP) is 3.24. The van der Waals surface area contributed by atoms with Gasteiger partial charge in [0.1, 0.15) is 0 Å². The number of aryl methyl sites for hydroxylation is 1. The van der Waals surface area contributed by atoms with Crippen LogP contribution < -0.4 is 5.32 Å². The van der Waals surface area contributed by atoms with Crippen LogP contribution in [0.15, 0.2) is 54.6 Å². The smallest absolute Gasteiger partial charge is 0.390 e. The van der Waals surface area contributed by atoms with Gasteiger partial charge in [-0.3, -0.25) is 9.59 Å². The molecule has 2 aromatic carbocycles. The van der Waals surface area contributed by atoms with Gasteiger partial charge in [0, 0.05) is 31.3 Å². The molecule has 0 bridgehead atoms. The third kappa shape index (κ3) is 7.16. The molecule has 1 aliphatic heterocycles. The summed E-state index contributed by atoms with van der Waals surface area (Å²) in [6.45, 7) is 0.549. The van der Waals surface area contributed by atoms with Crippen molar-refractivity contribution in [1.82, 2.24) is 4.90 Å². The Morgan fingerprint density at radius 1 is 1.03 bits per heavy atom. The minimum atomic E-state index is -4.40. The number of carbonyl (C=O) groups excluding carboxylic acids is 2. The van der Waals surface area contributed by atoms with Crippen LogP contribution in [-0.4, -0.2) is 52.2 Å². The first-order chi connectivity index (χ1) is 15.6. The van der Waals surface area contributed by atoms with Gasteiger partial charge in [-0.25, -0.2) is 0 Å². The number of amides is 2. The third-order valence-corrected chi connectivity index (χ3v) is 5.41. The van der Waals surface area contributed by atoms with E-state index in [1.165, 1.54) is 24.3 Å². The van der Waals surface area contributed by atoms with Gasteiger partial charge in [-0.1, -0.05) is 24.3 Å². The van der Waals surface area contributed by atoms with Gasteiger partial charge >= 0.3 is 6.18 Å². The standard InChI is InChI=1S/C24H25F3N2O4/c25-24(26,27)18-7-1-16(2-8-18)5-11-22(32)28-19-9-3-17(4-10-19)6-12-23(33)29-14-13-20(30)21(31)15-29/h1-5,7-11,20-21,30-31H,6,12-15H2,(H,28,32)/b11-5+/t20-,21+/m0/s1. The summed E-state index contributed by atoms with van der Waals surface area (Å²) >= 11 is 0. The Labute approximate surface area is 189 Å². The maximum absolute atomic E-state index is 12.6. The van der Waals surface area contributed by atoms with E-state index in [4.69, 9.17) is 0 Å². The molecule has 1 saturated heterocycles. The number of β-amino-alcohol motifs (C(OH)–C–C–N with tert-alkyl or cyclic N) is 1. The number of halogens is 3. The number of aliphatic hydroxyl groups excluding tert-OH is 2. The first kappa shape index (κ1) is 24.5. The number of aliphatic hydroxyl groups is 2. The summed E-state index contributed by atoms with van der Waals surface area (Å²) < 4.78 is 37.8. The Morgan fingerprint density at radius 3 is 2.30 bits per heavy atom. The number of piperidine rings is 1. The summed E-state index contributed by atoms with van der Waals surface area (Å²) in [5.41, 5.74) is 1.16. The first-order valence-electron chi connectivity index (χ1n) is 10.5. The number of hydrogen-bond donors (Lipinski definition) is 3. The van der Waals surface area contributed by atoms with E-state index in [1.807, 2.05) is 0 Å². The Bertz CT molecular complexity index is 988. The average molecular weight is 462 g/mol. The van der Waals surface area contributed by atoms with Gasteiger partial charge in [-0.15, -0.1) is 0 Å². The van der Waals surface area contributed by atoms with Crippen LogP contribution in [0, 0.1) is 0 Å². The monoisotopic (exact) mass is 462 g/mol. The second kappa shape index (κ2) is 10.6. The van der Waals surface area contributed by atoms with E-state index >= 15 is 0 Å². The van der Waals surface area contributed by atoms with Crippen LogP contribution in [0.4, 0.5) is 18.9 Å². The van der Waals surface area contributed by atoms with Crippen molar-refractivity contribution in [3.8, 4) is 0 Å². The van der Waals surface area contributed by atoms with E-state index in [1.54, 1.807) is 29.2 Å². The fraction of sp³-hybridized carbons (Fsp3) is 0.333. The lowest BCUT2D eigenvalue weighted by Crippen LogP contribution is -2.49. The van der Waals surface area contributed by atoms with Crippen LogP contribution in [0.25, 0.3) is 6.08 Å². The highest BCUT2D eigenvalue weighted by Crippen LogP contribution is 2.29. The maximum atomic E-state index is 12.6. The zero-order valence-corrected chi connectivity index (χ0v) is 17.8. The summed E-state index contributed by atoms with van der Waals surface area (Å²) in [6.07, 6.45) is -2.33. The number of anilines is 1. The molecule has 0 radical (unpaired) electrons. The topological polar surface area (TPSA) is 89.9 Å². The van der Waals surface area contributed by atoms with Gasteiger partial charge < -0.3 is 20.4 Å². The lowest BCUT2D eigenvalue weighted by Gasteiger charge is -2.33. The van der Waals surface area contributed by atoms with Crippen molar-refractivity contribution < 1.29 is 33.0 Å². The molecule has 0 spiro atoms. The molecule has 2 atom stereocenters. The minimum Gasteiger partial charge on any atom is -0.390 e. The molecule has 2 aromatic rings. The molecule has 6 nitrogen and oxygen atoms in total. The van der Waals surface area contributed by atoms with Crippen molar-refractivity contribution in [3.05, 3.63) is 71.3 Å². The summed E-state index contributed by atoms with van der Waals surface area (Å²) in [6, 6.07) is 11.5. The molecule has 0 aromatic heterocycles. The molecular formula is C24H25F3N2O4. The van der Waals surface area contributed by atoms with Crippen molar-refractivity contribution in [3.63, 3.8) is 0 Å². The van der Waals surface area contributed by atoms with E-state index in [0.717, 1.165) is 17.7 Å². The highest BCUT2D eigenvalue weighted by molar-refractivity contribution is 6.01. The molecule has 176 valence electrons. The Balaban J connectivity index is 1.46. The second-order valence-corrected chi connectivity index (χ2v) is 7.90. The van der Waals surface area contributed by atoms with Crippen LogP contribution in [-0.2, 0) is 22.2 Å². The van der Waals surface area contributed by atoms with Crippen LogP contribution in [0.1, 0.15) is 29.5 Å². The van der Waals surface area contributed by atoms with Crippen molar-refractivity contribution in [2.24, 2.45) is 0 Å². The first-order valence-corrected chi connectivity index (χ1v) is 10.5. The number of nitrogens with one attached hydrogen (secondary N) is 1. The quantitative estimate of drug-likeness (QED) is 0.575. The van der Waals surface area contributed by atoms with Gasteiger partial charge in [0.05, 0.1) is 17.8 Å². The zero-order valence-electron chi connectivity index (χ0n) is 17.8. The summed E-state index contributed by atoms with van der Waals surface area (Å²) in [5, 5.41) is 21.9. The number of rotatable bonds is 6. The van der Waals surface area contributed by atoms with E-state index in [-0.39, 0.29) is 18.9 Å². The zero-order chi connectivity index (χ0) is 24.0. The van der Waals surface area contributed by atoms with Gasteiger partial charge in [-0.05, 0) is 54.3 Å². The molecule has 0 saturated carbocycles. The molecule has 1 heterocycles. The molecule has 9 heteroatoms. The average Bonchev–Trinajstić information content (AvgIpc) is 2.78. The molecule has 0 unspecified atom stereocenters. The maximum Gasteiger partial charge on any atom is 0.416 e. The molecule has 0 aliphatic carbocycles. The number of carbonyl (C=O) groups is 2. The Kier molecular flexibility index (Phi) is 7.88. The van der Waals surface area contributed by atoms with Crippen LogP contribution in [0.3, 0.4) is 0 Å². The molecule has 2 amide bonds. The van der Waals surface area contributed by atoms with Gasteiger partial charge in [-0.2, -0.15) is 13.2 Å². The summed E-state index contributed by atoms with van der Waals surface area (Å²) in [7, 11) is 0. The Hall–Kier alpha value is -3.17. The molecule has 3 rings (SSSR count). The van der Waals surface area contributed by atoms with Crippen LogP contribution >= 0.6 is 0 Å². The van der Waals surface area contributed by atoms with Gasteiger partial charge in [0.2, 0.25) is 11.8 Å². The fourth-order valence-corrected chi connectivity index (χ4v) is 3.45. The predicted molar refractivity (Wildman–Crippen MR) is 117 cm³/mol. The highest BCUT2D eigenvalue weighted by Gasteiger charge is 2.30. The number of nitrogens with zero attached hydrogens (tertiary/aromatic N) is 1. The van der Waals surface area contributed by atoms with Gasteiger partial charge in [0.15, 0.2) is 0 Å². The van der Waals surface area contributed by atoms with E-state index in [0.29, 0.717) is 30.6 Å². The summed E-state index contributed by atoms with van der Waals surface area (Å²) in [5.74, 6) is -0.518. The van der Waals surface area contributed by atoms with E-state index in [2.05, 4.69) is 5.32 Å². The largest absolute Gasteiger partial charge is 0.416 e.